The lowest BCUT2D eigenvalue weighted by molar-refractivity contribution is 0.0519. The van der Waals surface area contributed by atoms with Crippen LogP contribution in [0.3, 0.4) is 0 Å². The van der Waals surface area contributed by atoms with Gasteiger partial charge in [0.1, 0.15) is 5.69 Å². The maximum atomic E-state index is 13.7. The van der Waals surface area contributed by atoms with Crippen LogP contribution in [0, 0.1) is 11.6 Å². The zero-order chi connectivity index (χ0) is 14.0. The first-order valence-corrected chi connectivity index (χ1v) is 6.20. The Morgan fingerprint density at radius 3 is 2.84 bits per heavy atom. The Kier molecular flexibility index (Phi) is 3.94. The van der Waals surface area contributed by atoms with Crippen LogP contribution in [0.15, 0.2) is 22.7 Å². The van der Waals surface area contributed by atoms with Crippen molar-refractivity contribution in [1.82, 2.24) is 10.2 Å². The van der Waals surface area contributed by atoms with E-state index in [2.05, 4.69) is 26.1 Å². The molecule has 2 rings (SSSR count). The lowest BCUT2D eigenvalue weighted by Gasteiger charge is -2.01. The van der Waals surface area contributed by atoms with E-state index in [4.69, 9.17) is 4.74 Å². The van der Waals surface area contributed by atoms with Gasteiger partial charge in [-0.25, -0.2) is 13.6 Å². The van der Waals surface area contributed by atoms with Gasteiger partial charge in [0.15, 0.2) is 11.6 Å². The maximum Gasteiger partial charge on any atom is 0.356 e. The first-order chi connectivity index (χ1) is 9.04. The van der Waals surface area contributed by atoms with Crippen LogP contribution in [0.25, 0.3) is 11.3 Å². The van der Waals surface area contributed by atoms with Crippen LogP contribution < -0.4 is 0 Å². The van der Waals surface area contributed by atoms with Crippen molar-refractivity contribution in [3.05, 3.63) is 40.0 Å². The second-order valence-electron chi connectivity index (χ2n) is 3.61. The van der Waals surface area contributed by atoms with Crippen LogP contribution in [0.5, 0.6) is 0 Å². The lowest BCUT2D eigenvalue weighted by Crippen LogP contribution is -2.04. The Balaban J connectivity index is 2.38. The quantitative estimate of drug-likeness (QED) is 0.694. The summed E-state index contributed by atoms with van der Waals surface area (Å²) in [6.07, 6.45) is 0. The number of hydrogen-bond donors (Lipinski definition) is 1. The molecule has 0 saturated carbocycles. The molecule has 0 aliphatic carbocycles. The largest absolute Gasteiger partial charge is 0.461 e. The van der Waals surface area contributed by atoms with Gasteiger partial charge in [-0.1, -0.05) is 0 Å². The van der Waals surface area contributed by atoms with E-state index >= 15 is 0 Å². The Hall–Kier alpha value is -1.76. The molecule has 0 aliphatic heterocycles. The highest BCUT2D eigenvalue weighted by Crippen LogP contribution is 2.27. The minimum atomic E-state index is -1.03. The van der Waals surface area contributed by atoms with Crippen LogP contribution in [-0.2, 0) is 4.74 Å². The zero-order valence-corrected chi connectivity index (χ0v) is 11.4. The summed E-state index contributed by atoms with van der Waals surface area (Å²) in [6.45, 7) is 1.88. The van der Waals surface area contributed by atoms with Crippen molar-refractivity contribution in [2.75, 3.05) is 6.61 Å². The van der Waals surface area contributed by atoms with Crippen molar-refractivity contribution in [1.29, 1.82) is 0 Å². The molecule has 1 heterocycles. The molecule has 100 valence electrons. The minimum absolute atomic E-state index is 0.0231. The van der Waals surface area contributed by atoms with E-state index in [9.17, 15) is 13.6 Å². The van der Waals surface area contributed by atoms with Gasteiger partial charge in [-0.3, -0.25) is 5.10 Å². The van der Waals surface area contributed by atoms with Crippen LogP contribution in [-0.4, -0.2) is 22.8 Å². The summed E-state index contributed by atoms with van der Waals surface area (Å²) < 4.78 is 31.9. The highest BCUT2D eigenvalue weighted by Gasteiger charge is 2.17. The smallest absolute Gasteiger partial charge is 0.356 e. The molecule has 4 nitrogen and oxygen atoms in total. The number of aromatic nitrogens is 2. The minimum Gasteiger partial charge on any atom is -0.461 e. The molecular weight excluding hydrogens is 322 g/mol. The standard InChI is InChI=1S/C12H9BrF2N2O2/c1-2-19-12(18)9-5-8(16-17-9)6-3-4-7(13)11(15)10(6)14/h3-5H,2H2,1H3,(H,16,17). The third kappa shape index (κ3) is 2.65. The molecule has 0 atom stereocenters. The second kappa shape index (κ2) is 5.48. The molecule has 2 aromatic rings. The van der Waals surface area contributed by atoms with Gasteiger partial charge in [0.05, 0.1) is 16.8 Å². The molecule has 1 aromatic heterocycles. The van der Waals surface area contributed by atoms with Crippen LogP contribution >= 0.6 is 15.9 Å². The molecule has 7 heteroatoms. The van der Waals surface area contributed by atoms with Crippen molar-refractivity contribution in [2.45, 2.75) is 6.92 Å². The fraction of sp³-hybridized carbons (Fsp3) is 0.167. The summed E-state index contributed by atoms with van der Waals surface area (Å²) in [5.41, 5.74) is 0.180. The number of rotatable bonds is 3. The number of benzene rings is 1. The topological polar surface area (TPSA) is 55.0 Å². The molecule has 0 bridgehead atoms. The molecule has 0 unspecified atom stereocenters. The number of aromatic amines is 1. The van der Waals surface area contributed by atoms with Gasteiger partial charge in [0.25, 0.3) is 0 Å². The first kappa shape index (κ1) is 13.7. The van der Waals surface area contributed by atoms with E-state index < -0.39 is 17.6 Å². The Bertz CT molecular complexity index is 628. The molecule has 0 fully saturated rings. The lowest BCUT2D eigenvalue weighted by atomic mass is 10.1. The maximum absolute atomic E-state index is 13.7. The SMILES string of the molecule is CCOC(=O)c1cc(-c2ccc(Br)c(F)c2F)n[nH]1. The average molecular weight is 331 g/mol. The van der Waals surface area contributed by atoms with Gasteiger partial charge >= 0.3 is 5.97 Å². The number of carbonyl (C=O) groups excluding carboxylic acids is 1. The first-order valence-electron chi connectivity index (χ1n) is 5.41. The van der Waals surface area contributed by atoms with Crippen LogP contribution in [0.1, 0.15) is 17.4 Å². The van der Waals surface area contributed by atoms with Crippen molar-refractivity contribution in [3.8, 4) is 11.3 Å². The summed E-state index contributed by atoms with van der Waals surface area (Å²) in [4.78, 5) is 11.4. The Labute approximate surface area is 115 Å². The van der Waals surface area contributed by atoms with E-state index in [0.717, 1.165) is 0 Å². The van der Waals surface area contributed by atoms with Gasteiger partial charge in [0.2, 0.25) is 0 Å². The van der Waals surface area contributed by atoms with Crippen LogP contribution in [0.4, 0.5) is 8.78 Å². The molecule has 19 heavy (non-hydrogen) atoms. The van der Waals surface area contributed by atoms with Gasteiger partial charge < -0.3 is 4.74 Å². The average Bonchev–Trinajstić information content (AvgIpc) is 2.86. The van der Waals surface area contributed by atoms with Crippen molar-refractivity contribution < 1.29 is 18.3 Å². The predicted molar refractivity (Wildman–Crippen MR) is 67.6 cm³/mol. The molecule has 0 amide bonds. The monoisotopic (exact) mass is 330 g/mol. The molecule has 0 saturated heterocycles. The van der Waals surface area contributed by atoms with Crippen LogP contribution in [0.2, 0.25) is 0 Å². The molecule has 1 N–H and O–H groups in total. The number of halogens is 3. The fourth-order valence-electron chi connectivity index (χ4n) is 1.50. The van der Waals surface area contributed by atoms with E-state index in [1.54, 1.807) is 6.92 Å². The zero-order valence-electron chi connectivity index (χ0n) is 9.84. The van der Waals surface area contributed by atoms with Crippen molar-refractivity contribution in [2.24, 2.45) is 0 Å². The summed E-state index contributed by atoms with van der Waals surface area (Å²) in [7, 11) is 0. The van der Waals surface area contributed by atoms with E-state index in [0.29, 0.717) is 0 Å². The number of hydrogen-bond acceptors (Lipinski definition) is 3. The fourth-order valence-corrected chi connectivity index (χ4v) is 1.80. The van der Waals surface area contributed by atoms with Crippen molar-refractivity contribution >= 4 is 21.9 Å². The van der Waals surface area contributed by atoms with Crippen molar-refractivity contribution in [3.63, 3.8) is 0 Å². The summed E-state index contributed by atoms with van der Waals surface area (Å²) in [5, 5.41) is 6.20. The highest BCUT2D eigenvalue weighted by atomic mass is 79.9. The molecular formula is C12H9BrF2N2O2. The normalized spacial score (nSPS) is 10.5. The summed E-state index contributed by atoms with van der Waals surface area (Å²) >= 11 is 2.88. The number of H-pyrrole nitrogens is 1. The number of ether oxygens (including phenoxy) is 1. The number of nitrogens with zero attached hydrogens (tertiary/aromatic N) is 1. The third-order valence-electron chi connectivity index (χ3n) is 2.38. The van der Waals surface area contributed by atoms with Gasteiger partial charge in [-0.2, -0.15) is 5.10 Å². The molecule has 1 aromatic carbocycles. The summed E-state index contributed by atoms with van der Waals surface area (Å²) in [6, 6.07) is 4.05. The number of esters is 1. The number of nitrogens with one attached hydrogen (secondary N) is 1. The Morgan fingerprint density at radius 1 is 1.42 bits per heavy atom. The summed E-state index contributed by atoms with van der Waals surface area (Å²) in [5.74, 6) is -2.63. The van der Waals surface area contributed by atoms with E-state index in [-0.39, 0.29) is 28.0 Å². The van der Waals surface area contributed by atoms with Gasteiger partial charge in [-0.15, -0.1) is 0 Å². The van der Waals surface area contributed by atoms with E-state index in [1.807, 2.05) is 0 Å². The Morgan fingerprint density at radius 2 is 2.16 bits per heavy atom. The predicted octanol–water partition coefficient (Wildman–Crippen LogP) is 3.29. The highest BCUT2D eigenvalue weighted by molar-refractivity contribution is 9.10. The second-order valence-corrected chi connectivity index (χ2v) is 4.46. The van der Waals surface area contributed by atoms with E-state index in [1.165, 1.54) is 18.2 Å². The molecule has 0 spiro atoms. The van der Waals surface area contributed by atoms with Gasteiger partial charge in [-0.05, 0) is 41.1 Å². The van der Waals surface area contributed by atoms with Gasteiger partial charge in [0, 0.05) is 5.56 Å². The third-order valence-corrected chi connectivity index (χ3v) is 3.00. The number of carbonyl (C=O) groups is 1. The molecule has 0 radical (unpaired) electrons. The molecule has 0 aliphatic rings.